The summed E-state index contributed by atoms with van der Waals surface area (Å²) in [6.45, 7) is 0.168. The first-order valence-electron chi connectivity index (χ1n) is 10.0. The molecule has 0 aliphatic rings. The van der Waals surface area contributed by atoms with Gasteiger partial charge in [-0.05, 0) is 70.0 Å². The van der Waals surface area contributed by atoms with Gasteiger partial charge in [-0.1, -0.05) is 18.2 Å². The van der Waals surface area contributed by atoms with Gasteiger partial charge in [-0.2, -0.15) is 10.5 Å². The first kappa shape index (κ1) is 24.4. The second-order valence-electron chi connectivity index (χ2n) is 6.94. The lowest BCUT2D eigenvalue weighted by Gasteiger charge is -2.14. The molecule has 0 aromatic heterocycles. The zero-order valence-electron chi connectivity index (χ0n) is 18.5. The average molecular weight is 518 g/mol. The van der Waals surface area contributed by atoms with E-state index >= 15 is 0 Å². The van der Waals surface area contributed by atoms with Gasteiger partial charge in [-0.25, -0.2) is 0 Å². The van der Waals surface area contributed by atoms with Crippen molar-refractivity contribution in [1.29, 1.82) is 10.5 Å². The number of methoxy groups -OCH3 is 2. The number of carbonyl (C=O) groups is 1. The van der Waals surface area contributed by atoms with Gasteiger partial charge in [0.25, 0.3) is 5.91 Å². The van der Waals surface area contributed by atoms with Crippen LogP contribution >= 0.6 is 15.9 Å². The predicted molar refractivity (Wildman–Crippen MR) is 131 cm³/mol. The summed E-state index contributed by atoms with van der Waals surface area (Å²) in [5, 5.41) is 21.5. The molecule has 34 heavy (non-hydrogen) atoms. The highest BCUT2D eigenvalue weighted by Crippen LogP contribution is 2.38. The third kappa shape index (κ3) is 5.94. The summed E-state index contributed by atoms with van der Waals surface area (Å²) in [5.41, 5.74) is 2.28. The van der Waals surface area contributed by atoms with Crippen LogP contribution in [0.4, 0.5) is 5.69 Å². The lowest BCUT2D eigenvalue weighted by atomic mass is 10.1. The van der Waals surface area contributed by atoms with Crippen LogP contribution in [0.5, 0.6) is 17.2 Å². The van der Waals surface area contributed by atoms with Gasteiger partial charge in [0.2, 0.25) is 0 Å². The van der Waals surface area contributed by atoms with E-state index < -0.39 is 5.91 Å². The first-order valence-corrected chi connectivity index (χ1v) is 10.8. The number of anilines is 1. The predicted octanol–water partition coefficient (Wildman–Crippen LogP) is 5.46. The summed E-state index contributed by atoms with van der Waals surface area (Å²) >= 11 is 3.47. The van der Waals surface area contributed by atoms with E-state index in [0.29, 0.717) is 38.5 Å². The number of rotatable bonds is 8. The van der Waals surface area contributed by atoms with Crippen molar-refractivity contribution in [3.8, 4) is 29.4 Å². The van der Waals surface area contributed by atoms with E-state index in [1.54, 1.807) is 55.6 Å². The third-order valence-electron chi connectivity index (χ3n) is 4.79. The molecule has 0 atom stereocenters. The molecule has 3 rings (SSSR count). The number of hydrogen-bond donors (Lipinski definition) is 1. The molecule has 0 bridgehead atoms. The molecular weight excluding hydrogens is 498 g/mol. The van der Waals surface area contributed by atoms with Gasteiger partial charge >= 0.3 is 0 Å². The highest BCUT2D eigenvalue weighted by molar-refractivity contribution is 9.10. The van der Waals surface area contributed by atoms with E-state index in [-0.39, 0.29) is 12.2 Å². The van der Waals surface area contributed by atoms with E-state index in [1.165, 1.54) is 13.2 Å². The van der Waals surface area contributed by atoms with Crippen LogP contribution in [0.1, 0.15) is 16.7 Å². The van der Waals surface area contributed by atoms with Gasteiger partial charge in [0.1, 0.15) is 24.0 Å². The van der Waals surface area contributed by atoms with E-state index in [4.69, 9.17) is 14.2 Å². The van der Waals surface area contributed by atoms with Crippen molar-refractivity contribution in [2.24, 2.45) is 0 Å². The van der Waals surface area contributed by atoms with Crippen molar-refractivity contribution in [2.75, 3.05) is 19.5 Å². The number of nitrogens with one attached hydrogen (secondary N) is 1. The first-order chi connectivity index (χ1) is 16.5. The number of amides is 1. The molecule has 1 amide bonds. The topological polar surface area (TPSA) is 104 Å². The molecule has 0 aliphatic heterocycles. The quantitative estimate of drug-likeness (QED) is 0.314. The molecule has 3 aromatic rings. The summed E-state index contributed by atoms with van der Waals surface area (Å²) in [6.07, 6.45) is 1.46. The Labute approximate surface area is 205 Å². The minimum Gasteiger partial charge on any atom is -0.497 e. The molecular formula is C26H20BrN3O4. The number of nitrogens with zero attached hydrogens (tertiary/aromatic N) is 2. The van der Waals surface area contributed by atoms with Crippen LogP contribution in [0, 0.1) is 22.7 Å². The van der Waals surface area contributed by atoms with Crippen LogP contribution in [-0.4, -0.2) is 20.1 Å². The molecule has 0 fully saturated rings. The van der Waals surface area contributed by atoms with E-state index in [9.17, 15) is 15.3 Å². The van der Waals surface area contributed by atoms with E-state index in [0.717, 1.165) is 5.56 Å². The minimum atomic E-state index is -0.545. The standard InChI is InChI=1S/C26H20BrN3O4/c1-32-22-9-7-21(8-10-22)30-26(31)20(15-29)11-17-12-23(27)25(24(13-17)33-2)34-16-19-6-4-3-5-18(19)14-28/h3-13H,16H2,1-2H3,(H,30,31)/b20-11-. The molecule has 0 saturated heterocycles. The Morgan fingerprint density at radius 3 is 2.44 bits per heavy atom. The monoisotopic (exact) mass is 517 g/mol. The average Bonchev–Trinajstić information content (AvgIpc) is 2.86. The minimum absolute atomic E-state index is 0.0820. The number of nitriles is 2. The van der Waals surface area contributed by atoms with Crippen molar-refractivity contribution in [3.05, 3.63) is 87.4 Å². The second kappa shape index (κ2) is 11.6. The second-order valence-corrected chi connectivity index (χ2v) is 7.80. The zero-order valence-corrected chi connectivity index (χ0v) is 20.0. The summed E-state index contributed by atoms with van der Waals surface area (Å²) in [6, 6.07) is 21.4. The number of halogens is 1. The molecule has 170 valence electrons. The zero-order chi connectivity index (χ0) is 24.5. The van der Waals surface area contributed by atoms with Crippen LogP contribution in [-0.2, 0) is 11.4 Å². The van der Waals surface area contributed by atoms with Crippen molar-refractivity contribution in [2.45, 2.75) is 6.61 Å². The number of hydrogen-bond acceptors (Lipinski definition) is 6. The number of ether oxygens (including phenoxy) is 3. The van der Waals surface area contributed by atoms with Crippen LogP contribution in [0.3, 0.4) is 0 Å². The normalized spacial score (nSPS) is 10.6. The Bertz CT molecular complexity index is 1310. The fourth-order valence-electron chi connectivity index (χ4n) is 3.06. The maximum Gasteiger partial charge on any atom is 0.266 e. The van der Waals surface area contributed by atoms with Crippen LogP contribution < -0.4 is 19.5 Å². The number of benzene rings is 3. The van der Waals surface area contributed by atoms with Crippen molar-refractivity contribution in [3.63, 3.8) is 0 Å². The molecule has 3 aromatic carbocycles. The number of carbonyl (C=O) groups excluding carboxylic acids is 1. The maximum absolute atomic E-state index is 12.6. The highest BCUT2D eigenvalue weighted by atomic mass is 79.9. The summed E-state index contributed by atoms with van der Waals surface area (Å²) in [7, 11) is 3.05. The van der Waals surface area contributed by atoms with E-state index in [2.05, 4.69) is 27.3 Å². The Morgan fingerprint density at radius 1 is 1.06 bits per heavy atom. The summed E-state index contributed by atoms with van der Waals surface area (Å²) in [4.78, 5) is 12.6. The van der Waals surface area contributed by atoms with Crippen LogP contribution in [0.25, 0.3) is 6.08 Å². The van der Waals surface area contributed by atoms with Crippen molar-refractivity contribution < 1.29 is 19.0 Å². The van der Waals surface area contributed by atoms with Gasteiger partial charge in [0.15, 0.2) is 11.5 Å². The third-order valence-corrected chi connectivity index (χ3v) is 5.37. The van der Waals surface area contributed by atoms with Gasteiger partial charge < -0.3 is 19.5 Å². The van der Waals surface area contributed by atoms with Crippen molar-refractivity contribution in [1.82, 2.24) is 0 Å². The van der Waals surface area contributed by atoms with Gasteiger partial charge in [0, 0.05) is 11.3 Å². The van der Waals surface area contributed by atoms with Gasteiger partial charge in [0.05, 0.1) is 30.3 Å². The molecule has 0 aliphatic carbocycles. The lowest BCUT2D eigenvalue weighted by molar-refractivity contribution is -0.112. The molecule has 0 heterocycles. The fraction of sp³-hybridized carbons (Fsp3) is 0.115. The summed E-state index contributed by atoms with van der Waals surface area (Å²) < 4.78 is 17.1. The van der Waals surface area contributed by atoms with Crippen LogP contribution in [0.2, 0.25) is 0 Å². The molecule has 0 radical (unpaired) electrons. The maximum atomic E-state index is 12.6. The Kier molecular flexibility index (Phi) is 8.28. The Hall–Kier alpha value is -4.27. The van der Waals surface area contributed by atoms with Crippen molar-refractivity contribution >= 4 is 33.6 Å². The van der Waals surface area contributed by atoms with Crippen LogP contribution in [0.15, 0.2) is 70.7 Å². The fourth-order valence-corrected chi connectivity index (χ4v) is 3.63. The molecule has 8 heteroatoms. The van der Waals surface area contributed by atoms with Gasteiger partial charge in [-0.3, -0.25) is 4.79 Å². The molecule has 7 nitrogen and oxygen atoms in total. The van der Waals surface area contributed by atoms with Gasteiger partial charge in [-0.15, -0.1) is 0 Å². The Morgan fingerprint density at radius 2 is 1.79 bits per heavy atom. The smallest absolute Gasteiger partial charge is 0.266 e. The highest BCUT2D eigenvalue weighted by Gasteiger charge is 2.15. The molecule has 0 unspecified atom stereocenters. The Balaban J connectivity index is 1.81. The lowest BCUT2D eigenvalue weighted by Crippen LogP contribution is -2.13. The largest absolute Gasteiger partial charge is 0.497 e. The molecule has 0 saturated carbocycles. The SMILES string of the molecule is COc1ccc(NC(=O)/C(C#N)=C\c2cc(Br)c(OCc3ccccc3C#N)c(OC)c2)cc1. The van der Waals surface area contributed by atoms with E-state index in [1.807, 2.05) is 18.2 Å². The summed E-state index contributed by atoms with van der Waals surface area (Å²) in [5.74, 6) is 0.956. The molecule has 0 spiro atoms. The molecule has 1 N–H and O–H groups in total.